The molecule has 0 bridgehead atoms. The van der Waals surface area contributed by atoms with E-state index in [0.717, 1.165) is 0 Å². The smallest absolute Gasteiger partial charge is 0.270 e. The number of rotatable bonds is 4. The lowest BCUT2D eigenvalue weighted by Gasteiger charge is -2.06. The molecule has 9 heteroatoms. The standard InChI is InChI=1S/C18H11Br2N5O2/c19-13-7-14(20)15(26)6-11(13)9-22-25-18-23-16(10-4-2-1-3-5-10)12(8-21)17(27)24-18/h1-7,9,26H,(H2,23,24,25,27). The Morgan fingerprint density at radius 3 is 2.67 bits per heavy atom. The number of hydrogen-bond acceptors (Lipinski definition) is 6. The van der Waals surface area contributed by atoms with Crippen LogP contribution in [0.1, 0.15) is 11.1 Å². The highest BCUT2D eigenvalue weighted by Crippen LogP contribution is 2.29. The normalized spacial score (nSPS) is 10.7. The molecular formula is C18H11Br2N5O2. The molecule has 1 aromatic heterocycles. The lowest BCUT2D eigenvalue weighted by atomic mass is 10.1. The molecule has 0 aliphatic carbocycles. The predicted octanol–water partition coefficient (Wildman–Crippen LogP) is 3.99. The summed E-state index contributed by atoms with van der Waals surface area (Å²) in [5.41, 5.74) is 3.52. The van der Waals surface area contributed by atoms with Gasteiger partial charge in [-0.25, -0.2) is 10.4 Å². The number of aromatic nitrogens is 2. The van der Waals surface area contributed by atoms with Crippen molar-refractivity contribution in [3.63, 3.8) is 0 Å². The molecule has 3 aromatic rings. The van der Waals surface area contributed by atoms with E-state index in [0.29, 0.717) is 20.1 Å². The first-order valence-corrected chi connectivity index (χ1v) is 9.15. The van der Waals surface area contributed by atoms with E-state index in [1.807, 2.05) is 12.1 Å². The van der Waals surface area contributed by atoms with Gasteiger partial charge >= 0.3 is 0 Å². The minimum atomic E-state index is -0.563. The van der Waals surface area contributed by atoms with Crippen molar-refractivity contribution in [3.8, 4) is 23.1 Å². The summed E-state index contributed by atoms with van der Waals surface area (Å²) in [5.74, 6) is 0.155. The molecule has 0 saturated heterocycles. The third-order valence-electron chi connectivity index (χ3n) is 3.52. The highest BCUT2D eigenvalue weighted by atomic mass is 79.9. The fourth-order valence-corrected chi connectivity index (χ4v) is 3.35. The minimum absolute atomic E-state index is 0.0657. The van der Waals surface area contributed by atoms with Crippen molar-refractivity contribution in [2.45, 2.75) is 0 Å². The van der Waals surface area contributed by atoms with Crippen molar-refractivity contribution in [3.05, 3.63) is 72.9 Å². The number of nitrogens with one attached hydrogen (secondary N) is 2. The number of aromatic hydroxyl groups is 1. The van der Waals surface area contributed by atoms with E-state index in [1.54, 1.807) is 30.3 Å². The Labute approximate surface area is 170 Å². The number of benzene rings is 2. The number of nitriles is 1. The van der Waals surface area contributed by atoms with Crippen LogP contribution in [0, 0.1) is 11.3 Å². The Balaban J connectivity index is 1.93. The monoisotopic (exact) mass is 487 g/mol. The molecule has 0 unspecified atom stereocenters. The lowest BCUT2D eigenvalue weighted by molar-refractivity contribution is 0.471. The highest BCUT2D eigenvalue weighted by molar-refractivity contribution is 9.11. The molecule has 1 heterocycles. The summed E-state index contributed by atoms with van der Waals surface area (Å²) >= 11 is 6.59. The van der Waals surface area contributed by atoms with Gasteiger partial charge in [-0.15, -0.1) is 0 Å². The summed E-state index contributed by atoms with van der Waals surface area (Å²) < 4.78 is 1.26. The molecule has 0 amide bonds. The fourth-order valence-electron chi connectivity index (χ4n) is 2.25. The van der Waals surface area contributed by atoms with Gasteiger partial charge in [0.05, 0.1) is 16.4 Å². The highest BCUT2D eigenvalue weighted by Gasteiger charge is 2.12. The Kier molecular flexibility index (Phi) is 5.69. The topological polar surface area (TPSA) is 114 Å². The van der Waals surface area contributed by atoms with Crippen molar-refractivity contribution in [2.75, 3.05) is 5.43 Å². The molecular weight excluding hydrogens is 478 g/mol. The molecule has 0 atom stereocenters. The van der Waals surface area contributed by atoms with Crippen LogP contribution in [0.2, 0.25) is 0 Å². The molecule has 3 N–H and O–H groups in total. The number of phenols is 1. The summed E-state index contributed by atoms with van der Waals surface area (Å²) in [6.07, 6.45) is 1.45. The molecule has 0 fully saturated rings. The van der Waals surface area contributed by atoms with Crippen LogP contribution in [0.5, 0.6) is 5.75 Å². The molecule has 0 saturated carbocycles. The lowest BCUT2D eigenvalue weighted by Crippen LogP contribution is -2.16. The van der Waals surface area contributed by atoms with Crippen LogP contribution in [-0.2, 0) is 0 Å². The fraction of sp³-hybridized carbons (Fsp3) is 0. The van der Waals surface area contributed by atoms with Crippen LogP contribution >= 0.6 is 31.9 Å². The zero-order valence-corrected chi connectivity index (χ0v) is 16.7. The summed E-state index contributed by atoms with van der Waals surface area (Å²) in [6, 6.07) is 14.0. The van der Waals surface area contributed by atoms with Gasteiger partial charge in [-0.05, 0) is 28.1 Å². The average Bonchev–Trinajstić information content (AvgIpc) is 2.66. The van der Waals surface area contributed by atoms with Crippen LogP contribution in [0.15, 0.2) is 61.3 Å². The maximum atomic E-state index is 12.2. The quantitative estimate of drug-likeness (QED) is 0.379. The van der Waals surface area contributed by atoms with E-state index in [4.69, 9.17) is 0 Å². The number of nitrogens with zero attached hydrogens (tertiary/aromatic N) is 3. The molecule has 2 aromatic carbocycles. The van der Waals surface area contributed by atoms with Gasteiger partial charge in [-0.2, -0.15) is 10.4 Å². The van der Waals surface area contributed by atoms with Gasteiger partial charge < -0.3 is 5.11 Å². The van der Waals surface area contributed by atoms with Gasteiger partial charge in [-0.1, -0.05) is 46.3 Å². The molecule has 0 radical (unpaired) electrons. The number of hydrogen-bond donors (Lipinski definition) is 3. The van der Waals surface area contributed by atoms with Gasteiger partial charge in [-0.3, -0.25) is 9.78 Å². The molecule has 0 aliphatic rings. The maximum absolute atomic E-state index is 12.2. The Bertz CT molecular complexity index is 1120. The van der Waals surface area contributed by atoms with Crippen molar-refractivity contribution in [1.29, 1.82) is 5.26 Å². The maximum Gasteiger partial charge on any atom is 0.270 e. The van der Waals surface area contributed by atoms with E-state index in [9.17, 15) is 15.2 Å². The van der Waals surface area contributed by atoms with Gasteiger partial charge in [0.2, 0.25) is 5.95 Å². The van der Waals surface area contributed by atoms with Gasteiger partial charge in [0.25, 0.3) is 5.56 Å². The number of phenolic OH excluding ortho intramolecular Hbond substituents is 1. The molecule has 0 spiro atoms. The van der Waals surface area contributed by atoms with E-state index in [1.165, 1.54) is 12.3 Å². The summed E-state index contributed by atoms with van der Waals surface area (Å²) in [6.45, 7) is 0. The average molecular weight is 489 g/mol. The van der Waals surface area contributed by atoms with Crippen molar-refractivity contribution in [2.24, 2.45) is 5.10 Å². The summed E-state index contributed by atoms with van der Waals surface area (Å²) in [5, 5.41) is 23.0. The van der Waals surface area contributed by atoms with Crippen LogP contribution in [0.4, 0.5) is 5.95 Å². The molecule has 0 aliphatic heterocycles. The zero-order valence-electron chi connectivity index (χ0n) is 13.6. The van der Waals surface area contributed by atoms with Crippen molar-refractivity contribution < 1.29 is 5.11 Å². The number of halogens is 2. The number of H-pyrrole nitrogens is 1. The first kappa shape index (κ1) is 18.8. The third kappa shape index (κ3) is 4.24. The van der Waals surface area contributed by atoms with Crippen LogP contribution in [0.3, 0.4) is 0 Å². The zero-order chi connectivity index (χ0) is 19.4. The largest absolute Gasteiger partial charge is 0.507 e. The number of anilines is 1. The predicted molar refractivity (Wildman–Crippen MR) is 110 cm³/mol. The Morgan fingerprint density at radius 1 is 1.22 bits per heavy atom. The van der Waals surface area contributed by atoms with Gasteiger partial charge in [0, 0.05) is 15.6 Å². The number of aromatic amines is 1. The molecule has 7 nitrogen and oxygen atoms in total. The van der Waals surface area contributed by atoms with Crippen molar-refractivity contribution in [1.82, 2.24) is 9.97 Å². The Morgan fingerprint density at radius 2 is 1.96 bits per heavy atom. The second-order valence-corrected chi connectivity index (χ2v) is 7.02. The SMILES string of the molecule is N#Cc1c(-c2ccccc2)nc(NN=Cc2cc(O)c(Br)cc2Br)[nH]c1=O. The minimum Gasteiger partial charge on any atom is -0.507 e. The van der Waals surface area contributed by atoms with E-state index < -0.39 is 5.56 Å². The summed E-state index contributed by atoms with van der Waals surface area (Å²) in [4.78, 5) is 18.9. The Hall–Kier alpha value is -2.96. The molecule has 134 valence electrons. The second-order valence-electron chi connectivity index (χ2n) is 5.31. The third-order valence-corrected chi connectivity index (χ3v) is 4.84. The van der Waals surface area contributed by atoms with Crippen LogP contribution in [0.25, 0.3) is 11.3 Å². The van der Waals surface area contributed by atoms with E-state index in [-0.39, 0.29) is 23.0 Å². The first-order valence-electron chi connectivity index (χ1n) is 7.56. The number of hydrazone groups is 1. The van der Waals surface area contributed by atoms with Crippen LogP contribution in [-0.4, -0.2) is 21.3 Å². The summed E-state index contributed by atoms with van der Waals surface area (Å²) in [7, 11) is 0. The van der Waals surface area contributed by atoms with E-state index >= 15 is 0 Å². The molecule has 27 heavy (non-hydrogen) atoms. The van der Waals surface area contributed by atoms with Gasteiger partial charge in [0.15, 0.2) is 0 Å². The van der Waals surface area contributed by atoms with Crippen LogP contribution < -0.4 is 11.0 Å². The first-order chi connectivity index (χ1) is 13.0. The van der Waals surface area contributed by atoms with Crippen molar-refractivity contribution >= 4 is 44.0 Å². The molecule has 3 rings (SSSR count). The van der Waals surface area contributed by atoms with E-state index in [2.05, 4.69) is 52.4 Å². The van der Waals surface area contributed by atoms with Gasteiger partial charge in [0.1, 0.15) is 17.4 Å². The second kappa shape index (κ2) is 8.16.